The Hall–Kier alpha value is -1.68. The monoisotopic (exact) mass is 335 g/mol. The van der Waals surface area contributed by atoms with Gasteiger partial charge in [0.15, 0.2) is 0 Å². The molecule has 2 rings (SSSR count). The number of carbonyl (C=O) groups is 1. The van der Waals surface area contributed by atoms with Gasteiger partial charge >= 0.3 is 0 Å². The normalized spacial score (nSPS) is 10.4. The molecular weight excluding hydrogens is 321 g/mol. The van der Waals surface area contributed by atoms with Crippen molar-refractivity contribution in [2.24, 2.45) is 0 Å². The van der Waals surface area contributed by atoms with Crippen LogP contribution < -0.4 is 4.90 Å². The van der Waals surface area contributed by atoms with Gasteiger partial charge in [-0.25, -0.2) is 4.39 Å². The molecule has 0 aromatic heterocycles. The van der Waals surface area contributed by atoms with E-state index in [2.05, 4.69) is 15.9 Å². The molecule has 0 spiro atoms. The minimum atomic E-state index is -0.310. The number of hydrogen-bond donors (Lipinski definition) is 0. The molecule has 0 aliphatic carbocycles. The highest BCUT2D eigenvalue weighted by Gasteiger charge is 2.16. The maximum atomic E-state index is 13.0. The molecule has 2 aromatic rings. The van der Waals surface area contributed by atoms with E-state index in [4.69, 9.17) is 0 Å². The summed E-state index contributed by atoms with van der Waals surface area (Å²) in [7, 11) is 0. The summed E-state index contributed by atoms with van der Waals surface area (Å²) in [6.45, 7) is 4.39. The first-order chi connectivity index (χ1) is 9.52. The quantitative estimate of drug-likeness (QED) is 0.804. The van der Waals surface area contributed by atoms with Gasteiger partial charge in [0.1, 0.15) is 5.82 Å². The number of nitrogens with zero attached hydrogens (tertiary/aromatic N) is 1. The van der Waals surface area contributed by atoms with Crippen LogP contribution in [0.5, 0.6) is 0 Å². The predicted octanol–water partition coefficient (Wildman–Crippen LogP) is 4.56. The fourth-order valence-electron chi connectivity index (χ4n) is 1.95. The van der Waals surface area contributed by atoms with E-state index >= 15 is 0 Å². The smallest absolute Gasteiger partial charge is 0.258 e. The first-order valence-electron chi connectivity index (χ1n) is 6.36. The number of carbonyl (C=O) groups excluding carboxylic acids is 1. The van der Waals surface area contributed by atoms with Crippen LogP contribution in [-0.2, 0) is 0 Å². The average molecular weight is 336 g/mol. The molecule has 20 heavy (non-hydrogen) atoms. The molecule has 0 saturated carbocycles. The summed E-state index contributed by atoms with van der Waals surface area (Å²) < 4.78 is 13.9. The van der Waals surface area contributed by atoms with Gasteiger partial charge in [0, 0.05) is 22.3 Å². The molecule has 0 N–H and O–H groups in total. The number of hydrogen-bond acceptors (Lipinski definition) is 1. The van der Waals surface area contributed by atoms with Gasteiger partial charge in [-0.2, -0.15) is 0 Å². The highest BCUT2D eigenvalue weighted by molar-refractivity contribution is 9.10. The van der Waals surface area contributed by atoms with Crippen molar-refractivity contribution in [2.45, 2.75) is 13.8 Å². The number of amides is 1. The van der Waals surface area contributed by atoms with E-state index in [0.717, 1.165) is 10.0 Å². The fraction of sp³-hybridized carbons (Fsp3) is 0.188. The maximum absolute atomic E-state index is 13.0. The van der Waals surface area contributed by atoms with Crippen molar-refractivity contribution in [1.82, 2.24) is 0 Å². The van der Waals surface area contributed by atoms with Crippen LogP contribution in [0.3, 0.4) is 0 Å². The molecule has 4 heteroatoms. The summed E-state index contributed by atoms with van der Waals surface area (Å²) in [5.74, 6) is -0.407. The Morgan fingerprint density at radius 2 is 1.85 bits per heavy atom. The van der Waals surface area contributed by atoms with Gasteiger partial charge in [-0.05, 0) is 55.8 Å². The van der Waals surface area contributed by atoms with Crippen LogP contribution in [0.25, 0.3) is 0 Å². The van der Waals surface area contributed by atoms with Gasteiger partial charge < -0.3 is 4.90 Å². The fourth-order valence-corrected chi connectivity index (χ4v) is 2.32. The molecule has 0 heterocycles. The highest BCUT2D eigenvalue weighted by atomic mass is 79.9. The second-order valence-corrected chi connectivity index (χ2v) is 5.34. The second kappa shape index (κ2) is 6.18. The number of halogens is 2. The first kappa shape index (κ1) is 14.7. The number of benzene rings is 2. The van der Waals surface area contributed by atoms with Crippen molar-refractivity contribution in [3.63, 3.8) is 0 Å². The van der Waals surface area contributed by atoms with Gasteiger partial charge in [0.05, 0.1) is 0 Å². The lowest BCUT2D eigenvalue weighted by Gasteiger charge is -2.21. The molecule has 0 radical (unpaired) electrons. The third-order valence-corrected chi connectivity index (χ3v) is 3.97. The summed E-state index contributed by atoms with van der Waals surface area (Å²) in [5, 5.41) is 0. The molecule has 0 aliphatic rings. The molecule has 0 bridgehead atoms. The highest BCUT2D eigenvalue weighted by Crippen LogP contribution is 2.21. The number of aryl methyl sites for hydroxylation is 1. The molecule has 104 valence electrons. The molecule has 0 atom stereocenters. The predicted molar refractivity (Wildman–Crippen MR) is 82.6 cm³/mol. The van der Waals surface area contributed by atoms with Gasteiger partial charge in [0.2, 0.25) is 0 Å². The lowest BCUT2D eigenvalue weighted by Crippen LogP contribution is -2.30. The van der Waals surface area contributed by atoms with Gasteiger partial charge in [-0.15, -0.1) is 0 Å². The lowest BCUT2D eigenvalue weighted by atomic mass is 10.1. The Morgan fingerprint density at radius 1 is 1.20 bits per heavy atom. The van der Waals surface area contributed by atoms with E-state index in [1.165, 1.54) is 12.1 Å². The number of anilines is 1. The molecule has 2 aromatic carbocycles. The molecule has 2 nitrogen and oxygen atoms in total. The summed E-state index contributed by atoms with van der Waals surface area (Å²) in [6.07, 6.45) is 0. The zero-order valence-electron chi connectivity index (χ0n) is 11.4. The van der Waals surface area contributed by atoms with Crippen LogP contribution >= 0.6 is 15.9 Å². The average Bonchev–Trinajstić information content (AvgIpc) is 2.44. The molecule has 1 amide bonds. The van der Waals surface area contributed by atoms with E-state index in [-0.39, 0.29) is 11.7 Å². The maximum Gasteiger partial charge on any atom is 0.258 e. The Labute approximate surface area is 126 Å². The van der Waals surface area contributed by atoms with Gasteiger partial charge in [0.25, 0.3) is 5.91 Å². The summed E-state index contributed by atoms with van der Waals surface area (Å²) >= 11 is 3.43. The Kier molecular flexibility index (Phi) is 4.55. The zero-order valence-corrected chi connectivity index (χ0v) is 12.9. The van der Waals surface area contributed by atoms with E-state index in [9.17, 15) is 9.18 Å². The number of rotatable bonds is 3. The third-order valence-electron chi connectivity index (χ3n) is 3.12. The molecular formula is C16H15BrFNO. The SMILES string of the molecule is CCN(C(=O)c1ccc(C)c(Br)c1)c1ccc(F)cc1. The van der Waals surface area contributed by atoms with E-state index in [1.807, 2.05) is 26.0 Å². The topological polar surface area (TPSA) is 20.3 Å². The summed E-state index contributed by atoms with van der Waals surface area (Å²) in [4.78, 5) is 14.2. The van der Waals surface area contributed by atoms with Crippen molar-refractivity contribution in [2.75, 3.05) is 11.4 Å². The van der Waals surface area contributed by atoms with E-state index < -0.39 is 0 Å². The van der Waals surface area contributed by atoms with Crippen LogP contribution in [-0.4, -0.2) is 12.5 Å². The summed E-state index contributed by atoms with van der Waals surface area (Å²) in [5.41, 5.74) is 2.37. The van der Waals surface area contributed by atoms with Crippen molar-refractivity contribution in [1.29, 1.82) is 0 Å². The molecule has 0 fully saturated rings. The second-order valence-electron chi connectivity index (χ2n) is 4.49. The van der Waals surface area contributed by atoms with Crippen LogP contribution in [0.15, 0.2) is 46.9 Å². The standard InChI is InChI=1S/C16H15BrFNO/c1-3-19(14-8-6-13(18)7-9-14)16(20)12-5-4-11(2)15(17)10-12/h4-10H,3H2,1-2H3. The van der Waals surface area contributed by atoms with E-state index in [0.29, 0.717) is 17.8 Å². The van der Waals surface area contributed by atoms with Crippen molar-refractivity contribution >= 4 is 27.5 Å². The molecule has 0 aliphatic heterocycles. The Bertz CT molecular complexity index is 625. The van der Waals surface area contributed by atoms with Gasteiger partial charge in [-0.3, -0.25) is 4.79 Å². The zero-order chi connectivity index (χ0) is 14.7. The lowest BCUT2D eigenvalue weighted by molar-refractivity contribution is 0.0988. The third kappa shape index (κ3) is 3.07. The van der Waals surface area contributed by atoms with Crippen LogP contribution in [0.2, 0.25) is 0 Å². The summed E-state index contributed by atoms with van der Waals surface area (Å²) in [6, 6.07) is 11.4. The minimum absolute atomic E-state index is 0.0974. The van der Waals surface area contributed by atoms with Crippen LogP contribution in [0.1, 0.15) is 22.8 Å². The molecule has 0 saturated heterocycles. The van der Waals surface area contributed by atoms with Gasteiger partial charge in [-0.1, -0.05) is 22.0 Å². The van der Waals surface area contributed by atoms with Crippen LogP contribution in [0, 0.1) is 12.7 Å². The van der Waals surface area contributed by atoms with Crippen molar-refractivity contribution in [3.05, 3.63) is 63.9 Å². The first-order valence-corrected chi connectivity index (χ1v) is 7.16. The minimum Gasteiger partial charge on any atom is -0.309 e. The van der Waals surface area contributed by atoms with Crippen molar-refractivity contribution in [3.8, 4) is 0 Å². The largest absolute Gasteiger partial charge is 0.309 e. The van der Waals surface area contributed by atoms with Crippen LogP contribution in [0.4, 0.5) is 10.1 Å². The Balaban J connectivity index is 2.33. The van der Waals surface area contributed by atoms with Crippen molar-refractivity contribution < 1.29 is 9.18 Å². The molecule has 0 unspecified atom stereocenters. The van der Waals surface area contributed by atoms with E-state index in [1.54, 1.807) is 23.1 Å². The Morgan fingerprint density at radius 3 is 2.40 bits per heavy atom.